The molecule has 0 aliphatic heterocycles. The van der Waals surface area contributed by atoms with Gasteiger partial charge in [0.1, 0.15) is 0 Å². The maximum Gasteiger partial charge on any atom is 0.306 e. The Hall–Kier alpha value is -1.06. The molecule has 0 saturated carbocycles. The molecule has 0 aliphatic rings. The summed E-state index contributed by atoms with van der Waals surface area (Å²) in [6, 6.07) is 0. The number of hydrogen-bond donors (Lipinski definition) is 0. The number of ether oxygens (including phenoxy) is 2. The van der Waals surface area contributed by atoms with Crippen molar-refractivity contribution in [3.05, 3.63) is 0 Å². The minimum absolute atomic E-state index is 0.0169. The molecular formula is C21H40O4. The molecule has 0 aromatic heterocycles. The molecule has 0 heterocycles. The zero-order valence-corrected chi connectivity index (χ0v) is 17.0. The molecule has 0 N–H and O–H groups in total. The molecule has 0 rings (SSSR count). The van der Waals surface area contributed by atoms with E-state index in [0.717, 1.165) is 44.9 Å². The van der Waals surface area contributed by atoms with Crippen molar-refractivity contribution in [1.29, 1.82) is 0 Å². The maximum absolute atomic E-state index is 11.7. The second-order valence-corrected chi connectivity index (χ2v) is 7.15. The van der Waals surface area contributed by atoms with Crippen molar-refractivity contribution in [2.45, 2.75) is 123 Å². The fraction of sp³-hybridized carbons (Fsp3) is 0.905. The molecule has 148 valence electrons. The van der Waals surface area contributed by atoms with E-state index in [9.17, 15) is 9.59 Å². The van der Waals surface area contributed by atoms with Crippen LogP contribution in [-0.2, 0) is 19.1 Å². The second kappa shape index (κ2) is 16.4. The van der Waals surface area contributed by atoms with E-state index in [1.165, 1.54) is 25.7 Å². The summed E-state index contributed by atoms with van der Waals surface area (Å²) < 4.78 is 10.8. The van der Waals surface area contributed by atoms with E-state index in [4.69, 9.17) is 9.47 Å². The molecule has 4 heteroatoms. The SMILES string of the molecule is CCCCCC(C)OC(=O)CCCCCC(=O)OC(C)CCCCC. The topological polar surface area (TPSA) is 52.6 Å². The Bertz CT molecular complexity index is 309. The summed E-state index contributed by atoms with van der Waals surface area (Å²) in [7, 11) is 0. The van der Waals surface area contributed by atoms with Gasteiger partial charge in [-0.3, -0.25) is 9.59 Å². The first kappa shape index (κ1) is 23.9. The quantitative estimate of drug-likeness (QED) is 0.253. The molecule has 0 amide bonds. The second-order valence-electron chi connectivity index (χ2n) is 7.15. The Morgan fingerprint density at radius 1 is 0.640 bits per heavy atom. The Morgan fingerprint density at radius 3 is 1.40 bits per heavy atom. The number of esters is 2. The third kappa shape index (κ3) is 16.2. The molecule has 0 fully saturated rings. The van der Waals surface area contributed by atoms with Gasteiger partial charge >= 0.3 is 11.9 Å². The summed E-state index contributed by atoms with van der Waals surface area (Å²) in [5, 5.41) is 0. The minimum Gasteiger partial charge on any atom is -0.463 e. The van der Waals surface area contributed by atoms with Gasteiger partial charge in [-0.2, -0.15) is 0 Å². The number of carbonyl (C=O) groups is 2. The van der Waals surface area contributed by atoms with E-state index in [0.29, 0.717) is 12.8 Å². The smallest absolute Gasteiger partial charge is 0.306 e. The number of rotatable bonds is 16. The Balaban J connectivity index is 3.57. The summed E-state index contributed by atoms with van der Waals surface area (Å²) in [4.78, 5) is 23.5. The number of unbranched alkanes of at least 4 members (excludes halogenated alkanes) is 6. The van der Waals surface area contributed by atoms with Crippen LogP contribution in [0.1, 0.15) is 111 Å². The van der Waals surface area contributed by atoms with Crippen LogP contribution in [0.15, 0.2) is 0 Å². The van der Waals surface area contributed by atoms with Gasteiger partial charge in [0.15, 0.2) is 0 Å². The van der Waals surface area contributed by atoms with Crippen molar-refractivity contribution in [2.75, 3.05) is 0 Å². The van der Waals surface area contributed by atoms with Gasteiger partial charge in [-0.15, -0.1) is 0 Å². The van der Waals surface area contributed by atoms with Gasteiger partial charge in [0.2, 0.25) is 0 Å². The average Bonchev–Trinajstić information content (AvgIpc) is 2.54. The summed E-state index contributed by atoms with van der Waals surface area (Å²) in [5.41, 5.74) is 0. The van der Waals surface area contributed by atoms with Crippen LogP contribution < -0.4 is 0 Å². The first-order chi connectivity index (χ1) is 12.0. The molecule has 25 heavy (non-hydrogen) atoms. The highest BCUT2D eigenvalue weighted by Gasteiger charge is 2.11. The molecule has 0 aliphatic carbocycles. The molecule has 0 aromatic carbocycles. The summed E-state index contributed by atoms with van der Waals surface area (Å²) in [5.74, 6) is -0.229. The molecule has 0 aromatic rings. The van der Waals surface area contributed by atoms with Gasteiger partial charge in [0.05, 0.1) is 12.2 Å². The predicted molar refractivity (Wildman–Crippen MR) is 102 cm³/mol. The molecule has 0 spiro atoms. The third-order valence-corrected chi connectivity index (χ3v) is 4.36. The van der Waals surface area contributed by atoms with Crippen LogP contribution in [0.5, 0.6) is 0 Å². The van der Waals surface area contributed by atoms with Crippen LogP contribution in [-0.4, -0.2) is 24.1 Å². The molecule has 4 nitrogen and oxygen atoms in total. The fourth-order valence-electron chi connectivity index (χ4n) is 2.76. The lowest BCUT2D eigenvalue weighted by Crippen LogP contribution is -2.15. The largest absolute Gasteiger partial charge is 0.463 e. The van der Waals surface area contributed by atoms with Crippen LogP contribution in [0.2, 0.25) is 0 Å². The average molecular weight is 357 g/mol. The molecule has 0 radical (unpaired) electrons. The normalized spacial score (nSPS) is 13.3. The lowest BCUT2D eigenvalue weighted by atomic mass is 10.1. The summed E-state index contributed by atoms with van der Waals surface area (Å²) in [6.07, 6.45) is 12.2. The van der Waals surface area contributed by atoms with Gasteiger partial charge in [-0.25, -0.2) is 0 Å². The monoisotopic (exact) mass is 356 g/mol. The van der Waals surface area contributed by atoms with Crippen LogP contribution in [0.25, 0.3) is 0 Å². The highest BCUT2D eigenvalue weighted by molar-refractivity contribution is 5.70. The van der Waals surface area contributed by atoms with Crippen molar-refractivity contribution in [3.63, 3.8) is 0 Å². The molecular weight excluding hydrogens is 316 g/mol. The van der Waals surface area contributed by atoms with Gasteiger partial charge in [0, 0.05) is 12.8 Å². The molecule has 2 atom stereocenters. The third-order valence-electron chi connectivity index (χ3n) is 4.36. The van der Waals surface area contributed by atoms with Crippen molar-refractivity contribution in [3.8, 4) is 0 Å². The minimum atomic E-state index is -0.115. The Labute approximate surface area is 155 Å². The van der Waals surface area contributed by atoms with Crippen molar-refractivity contribution < 1.29 is 19.1 Å². The highest BCUT2D eigenvalue weighted by atomic mass is 16.5. The van der Waals surface area contributed by atoms with Crippen LogP contribution in [0.3, 0.4) is 0 Å². The van der Waals surface area contributed by atoms with Gasteiger partial charge < -0.3 is 9.47 Å². The van der Waals surface area contributed by atoms with E-state index in [1.54, 1.807) is 0 Å². The first-order valence-corrected chi connectivity index (χ1v) is 10.4. The van der Waals surface area contributed by atoms with Gasteiger partial charge in [-0.1, -0.05) is 46.0 Å². The lowest BCUT2D eigenvalue weighted by Gasteiger charge is -2.13. The molecule has 2 unspecified atom stereocenters. The van der Waals surface area contributed by atoms with E-state index < -0.39 is 0 Å². The standard InChI is InChI=1S/C21H40O4/c1-5-7-10-14-18(3)24-20(22)16-12-9-13-17-21(23)25-19(4)15-11-8-6-2/h18-19H,5-17H2,1-4H3. The van der Waals surface area contributed by atoms with E-state index >= 15 is 0 Å². The predicted octanol–water partition coefficient (Wildman–Crippen LogP) is 5.96. The van der Waals surface area contributed by atoms with E-state index in [1.807, 2.05) is 13.8 Å². The van der Waals surface area contributed by atoms with Crippen molar-refractivity contribution in [1.82, 2.24) is 0 Å². The van der Waals surface area contributed by atoms with Crippen LogP contribution in [0.4, 0.5) is 0 Å². The fourth-order valence-corrected chi connectivity index (χ4v) is 2.76. The molecule has 0 saturated heterocycles. The van der Waals surface area contributed by atoms with Crippen molar-refractivity contribution in [2.24, 2.45) is 0 Å². The van der Waals surface area contributed by atoms with Gasteiger partial charge in [-0.05, 0) is 52.4 Å². The zero-order chi connectivity index (χ0) is 18.9. The first-order valence-electron chi connectivity index (χ1n) is 10.4. The summed E-state index contributed by atoms with van der Waals surface area (Å²) >= 11 is 0. The Morgan fingerprint density at radius 2 is 1.04 bits per heavy atom. The number of hydrogen-bond acceptors (Lipinski definition) is 4. The van der Waals surface area contributed by atoms with Crippen LogP contribution in [0, 0.1) is 0 Å². The Kier molecular flexibility index (Phi) is 15.7. The van der Waals surface area contributed by atoms with E-state index in [2.05, 4.69) is 13.8 Å². The lowest BCUT2D eigenvalue weighted by molar-refractivity contribution is -0.149. The highest BCUT2D eigenvalue weighted by Crippen LogP contribution is 2.11. The van der Waals surface area contributed by atoms with E-state index in [-0.39, 0.29) is 24.1 Å². The maximum atomic E-state index is 11.7. The van der Waals surface area contributed by atoms with Crippen molar-refractivity contribution >= 4 is 11.9 Å². The van der Waals surface area contributed by atoms with Crippen LogP contribution >= 0.6 is 0 Å². The number of carbonyl (C=O) groups excluding carboxylic acids is 2. The summed E-state index contributed by atoms with van der Waals surface area (Å²) in [6.45, 7) is 8.26. The molecule has 0 bridgehead atoms. The van der Waals surface area contributed by atoms with Gasteiger partial charge in [0.25, 0.3) is 0 Å². The zero-order valence-electron chi connectivity index (χ0n) is 17.0.